The van der Waals surface area contributed by atoms with Crippen molar-refractivity contribution < 1.29 is 9.53 Å². The van der Waals surface area contributed by atoms with E-state index in [1.54, 1.807) is 7.05 Å². The topological polar surface area (TPSA) is 60.4 Å². The number of nitrogens with one attached hydrogen (secondary N) is 1. The van der Waals surface area contributed by atoms with Gasteiger partial charge in [-0.3, -0.25) is 14.7 Å². The first kappa shape index (κ1) is 19.2. The van der Waals surface area contributed by atoms with Gasteiger partial charge < -0.3 is 19.9 Å². The van der Waals surface area contributed by atoms with E-state index in [2.05, 4.69) is 32.2 Å². The predicted octanol–water partition coefficient (Wildman–Crippen LogP) is 0.948. The highest BCUT2D eigenvalue weighted by Gasteiger charge is 2.30. The molecule has 1 unspecified atom stereocenters. The first-order valence-electron chi connectivity index (χ1n) is 10.4. The highest BCUT2D eigenvalue weighted by molar-refractivity contribution is 5.98. The Morgan fingerprint density at radius 3 is 2.86 bits per heavy atom. The van der Waals surface area contributed by atoms with Crippen LogP contribution in [0.1, 0.15) is 18.4 Å². The molecule has 0 radical (unpaired) electrons. The van der Waals surface area contributed by atoms with Gasteiger partial charge in [-0.1, -0.05) is 18.2 Å². The van der Waals surface area contributed by atoms with Crippen molar-refractivity contribution in [3.05, 3.63) is 29.8 Å². The number of aliphatic imine (C=N–C) groups is 1. The van der Waals surface area contributed by atoms with E-state index in [0.29, 0.717) is 6.04 Å². The van der Waals surface area contributed by atoms with E-state index >= 15 is 0 Å². The van der Waals surface area contributed by atoms with Crippen LogP contribution < -0.4 is 10.2 Å². The fraction of sp³-hybridized carbons (Fsp3) is 0.619. The quantitative estimate of drug-likeness (QED) is 0.620. The first-order valence-corrected chi connectivity index (χ1v) is 10.4. The molecule has 7 heteroatoms. The van der Waals surface area contributed by atoms with Gasteiger partial charge in [0.2, 0.25) is 5.91 Å². The molecule has 0 bridgehead atoms. The normalized spacial score (nSPS) is 23.6. The highest BCUT2D eigenvalue weighted by atomic mass is 16.5. The molecule has 3 heterocycles. The summed E-state index contributed by atoms with van der Waals surface area (Å²) in [5, 5.41) is 3.30. The molecule has 28 heavy (non-hydrogen) atoms. The number of hydrogen-bond donors (Lipinski definition) is 1. The third-order valence-electron chi connectivity index (χ3n) is 6.05. The van der Waals surface area contributed by atoms with Crippen LogP contribution in [0.15, 0.2) is 29.3 Å². The van der Waals surface area contributed by atoms with Gasteiger partial charge in [0.05, 0.1) is 19.8 Å². The van der Waals surface area contributed by atoms with Crippen molar-refractivity contribution in [3.63, 3.8) is 0 Å². The molecule has 3 aliphatic heterocycles. The molecule has 3 aliphatic rings. The smallest absolute Gasteiger partial charge is 0.246 e. The summed E-state index contributed by atoms with van der Waals surface area (Å²) in [6.07, 6.45) is 3.20. The minimum Gasteiger partial charge on any atom is -0.379 e. The number of anilines is 1. The zero-order valence-electron chi connectivity index (χ0n) is 16.8. The number of hydrogen-bond acceptors (Lipinski definition) is 4. The maximum absolute atomic E-state index is 12.9. The lowest BCUT2D eigenvalue weighted by Crippen LogP contribution is -2.49. The van der Waals surface area contributed by atoms with E-state index in [0.717, 1.165) is 76.8 Å². The van der Waals surface area contributed by atoms with Crippen LogP contribution in [0, 0.1) is 0 Å². The van der Waals surface area contributed by atoms with Crippen molar-refractivity contribution in [2.24, 2.45) is 4.99 Å². The van der Waals surface area contributed by atoms with Gasteiger partial charge in [-0.25, -0.2) is 0 Å². The van der Waals surface area contributed by atoms with Crippen molar-refractivity contribution in [3.8, 4) is 0 Å². The summed E-state index contributed by atoms with van der Waals surface area (Å²) in [6, 6.07) is 8.77. The van der Waals surface area contributed by atoms with E-state index in [9.17, 15) is 4.79 Å². The van der Waals surface area contributed by atoms with Crippen molar-refractivity contribution in [2.75, 3.05) is 64.4 Å². The van der Waals surface area contributed by atoms with Gasteiger partial charge in [-0.2, -0.15) is 0 Å². The van der Waals surface area contributed by atoms with Crippen LogP contribution >= 0.6 is 0 Å². The number of guanidine groups is 1. The summed E-state index contributed by atoms with van der Waals surface area (Å²) in [5.74, 6) is 0.937. The minimum absolute atomic E-state index is 0.109. The fourth-order valence-corrected chi connectivity index (χ4v) is 4.55. The second-order valence-corrected chi connectivity index (χ2v) is 7.72. The number of ether oxygens (including phenoxy) is 1. The SMILES string of the molecule is CN=C(NCC(=O)N1CCCc2ccccc21)N1CCC(N2CCOCC2)C1. The zero-order chi connectivity index (χ0) is 19.3. The van der Waals surface area contributed by atoms with Crippen LogP contribution in [0.5, 0.6) is 0 Å². The molecule has 1 aromatic carbocycles. The molecular formula is C21H31N5O2. The predicted molar refractivity (Wildman–Crippen MR) is 111 cm³/mol. The average molecular weight is 386 g/mol. The standard InChI is InChI=1S/C21H31N5O2/c1-22-21(25-10-8-18(16-25)24-11-13-28-14-12-24)23-15-20(27)26-9-4-6-17-5-2-3-7-19(17)26/h2-3,5,7,18H,4,6,8-16H2,1H3,(H,22,23). The average Bonchev–Trinajstić information content (AvgIpc) is 3.24. The molecule has 0 aliphatic carbocycles. The molecule has 1 N–H and O–H groups in total. The van der Waals surface area contributed by atoms with Crippen molar-refractivity contribution in [1.29, 1.82) is 0 Å². The Balaban J connectivity index is 1.32. The molecule has 0 spiro atoms. The zero-order valence-corrected chi connectivity index (χ0v) is 16.8. The monoisotopic (exact) mass is 385 g/mol. The lowest BCUT2D eigenvalue weighted by atomic mass is 10.0. The van der Waals surface area contributed by atoms with Gasteiger partial charge in [0.15, 0.2) is 5.96 Å². The van der Waals surface area contributed by atoms with E-state index in [1.165, 1.54) is 5.56 Å². The molecule has 0 aromatic heterocycles. The van der Waals surface area contributed by atoms with Crippen LogP contribution in [0.25, 0.3) is 0 Å². The second kappa shape index (κ2) is 8.92. The van der Waals surface area contributed by atoms with Crippen LogP contribution in [0.3, 0.4) is 0 Å². The Kier molecular flexibility index (Phi) is 6.12. The molecule has 1 amide bonds. The number of carbonyl (C=O) groups is 1. The Bertz CT molecular complexity index is 717. The number of benzene rings is 1. The lowest BCUT2D eigenvalue weighted by Gasteiger charge is -2.32. The largest absolute Gasteiger partial charge is 0.379 e. The van der Waals surface area contributed by atoms with Gasteiger partial charge >= 0.3 is 0 Å². The minimum atomic E-state index is 0.109. The number of amides is 1. The summed E-state index contributed by atoms with van der Waals surface area (Å²) >= 11 is 0. The van der Waals surface area contributed by atoms with Crippen molar-refractivity contribution in [1.82, 2.24) is 15.1 Å². The Labute approximate surface area is 167 Å². The molecule has 152 valence electrons. The number of fused-ring (bicyclic) bond motifs is 1. The van der Waals surface area contributed by atoms with E-state index in [-0.39, 0.29) is 12.5 Å². The molecule has 7 nitrogen and oxygen atoms in total. The van der Waals surface area contributed by atoms with Crippen LogP contribution in [0.2, 0.25) is 0 Å². The van der Waals surface area contributed by atoms with Crippen LogP contribution in [-0.2, 0) is 16.0 Å². The first-order chi connectivity index (χ1) is 13.8. The Morgan fingerprint density at radius 1 is 1.21 bits per heavy atom. The summed E-state index contributed by atoms with van der Waals surface area (Å²) < 4.78 is 5.47. The highest BCUT2D eigenvalue weighted by Crippen LogP contribution is 2.26. The maximum Gasteiger partial charge on any atom is 0.246 e. The number of rotatable bonds is 3. The number of likely N-dealkylation sites (tertiary alicyclic amines) is 1. The van der Waals surface area contributed by atoms with Crippen LogP contribution in [0.4, 0.5) is 5.69 Å². The molecule has 4 rings (SSSR count). The van der Waals surface area contributed by atoms with Gasteiger partial charge in [-0.15, -0.1) is 0 Å². The number of aryl methyl sites for hydroxylation is 1. The van der Waals surface area contributed by atoms with Gasteiger partial charge in [0.1, 0.15) is 0 Å². The Morgan fingerprint density at radius 2 is 2.04 bits per heavy atom. The third kappa shape index (κ3) is 4.15. The number of para-hydroxylation sites is 1. The maximum atomic E-state index is 12.9. The second-order valence-electron chi connectivity index (χ2n) is 7.72. The van der Waals surface area contributed by atoms with E-state index in [4.69, 9.17) is 4.74 Å². The van der Waals surface area contributed by atoms with Crippen LogP contribution in [-0.4, -0.2) is 87.2 Å². The van der Waals surface area contributed by atoms with Gasteiger partial charge in [0, 0.05) is 51.5 Å². The summed E-state index contributed by atoms with van der Waals surface area (Å²) in [5.41, 5.74) is 2.32. The lowest BCUT2D eigenvalue weighted by molar-refractivity contribution is -0.117. The number of nitrogens with zero attached hydrogens (tertiary/aromatic N) is 4. The van der Waals surface area contributed by atoms with Crippen molar-refractivity contribution >= 4 is 17.6 Å². The fourth-order valence-electron chi connectivity index (χ4n) is 4.55. The third-order valence-corrected chi connectivity index (χ3v) is 6.05. The summed E-state index contributed by atoms with van der Waals surface area (Å²) in [4.78, 5) is 24.0. The molecule has 2 saturated heterocycles. The van der Waals surface area contributed by atoms with Gasteiger partial charge in [0.25, 0.3) is 0 Å². The molecule has 2 fully saturated rings. The molecule has 1 aromatic rings. The summed E-state index contributed by atoms with van der Waals surface area (Å²) in [7, 11) is 1.80. The number of morpholine rings is 1. The molecule has 0 saturated carbocycles. The van der Waals surface area contributed by atoms with E-state index in [1.807, 2.05) is 17.0 Å². The van der Waals surface area contributed by atoms with E-state index < -0.39 is 0 Å². The summed E-state index contributed by atoms with van der Waals surface area (Å²) in [6.45, 7) is 6.68. The van der Waals surface area contributed by atoms with Gasteiger partial charge in [-0.05, 0) is 30.9 Å². The molecular weight excluding hydrogens is 354 g/mol. The Hall–Kier alpha value is -2.12. The number of carbonyl (C=O) groups excluding carboxylic acids is 1. The molecule has 1 atom stereocenters. The van der Waals surface area contributed by atoms with Crippen molar-refractivity contribution in [2.45, 2.75) is 25.3 Å².